The van der Waals surface area contributed by atoms with E-state index < -0.39 is 29.6 Å². The number of nitrogens with one attached hydrogen (secondary N) is 1. The number of aliphatic carboxylic acids is 1. The molecule has 1 unspecified atom stereocenters. The van der Waals surface area contributed by atoms with Gasteiger partial charge in [-0.25, -0.2) is 4.79 Å². The summed E-state index contributed by atoms with van der Waals surface area (Å²) in [5.74, 6) is -1.45. The molecule has 8 nitrogen and oxygen atoms in total. The van der Waals surface area contributed by atoms with E-state index in [1.165, 1.54) is 12.0 Å². The number of nitrogens with zero attached hydrogens (tertiary/aromatic N) is 1. The maximum atomic E-state index is 13.0. The number of rotatable bonds is 9. The number of methoxy groups -OCH3 is 1. The summed E-state index contributed by atoms with van der Waals surface area (Å²) in [6.07, 6.45) is -1.79. The molecule has 1 aliphatic rings. The molecule has 0 saturated heterocycles. The molecule has 34 heavy (non-hydrogen) atoms. The molecular weight excluding hydrogens is 436 g/mol. The Kier molecular flexibility index (Phi) is 7.94. The molecule has 0 aliphatic heterocycles. The van der Waals surface area contributed by atoms with Crippen LogP contribution in [0, 0.1) is 0 Å². The van der Waals surface area contributed by atoms with Gasteiger partial charge in [-0.1, -0.05) is 48.5 Å². The Morgan fingerprint density at radius 3 is 2.09 bits per heavy atom. The number of carbonyl (C=O) groups is 3. The second-order valence-corrected chi connectivity index (χ2v) is 9.24. The fourth-order valence-electron chi connectivity index (χ4n) is 4.25. The average Bonchev–Trinajstić information content (AvgIpc) is 3.11. The van der Waals surface area contributed by atoms with Crippen LogP contribution in [0.5, 0.6) is 0 Å². The molecule has 0 radical (unpaired) electrons. The minimum absolute atomic E-state index is 0.0441. The van der Waals surface area contributed by atoms with Crippen molar-refractivity contribution in [3.8, 4) is 11.1 Å². The number of carbonyl (C=O) groups excluding carboxylic acids is 2. The second-order valence-electron chi connectivity index (χ2n) is 9.24. The second kappa shape index (κ2) is 10.7. The van der Waals surface area contributed by atoms with Gasteiger partial charge in [0.05, 0.1) is 13.0 Å². The highest BCUT2D eigenvalue weighted by molar-refractivity contribution is 5.83. The molecule has 1 aliphatic carbocycles. The highest BCUT2D eigenvalue weighted by Gasteiger charge is 2.33. The number of amides is 2. The molecule has 2 amide bonds. The van der Waals surface area contributed by atoms with Gasteiger partial charge >= 0.3 is 12.1 Å². The largest absolute Gasteiger partial charge is 0.481 e. The zero-order chi connectivity index (χ0) is 24.9. The Labute approximate surface area is 199 Å². The van der Waals surface area contributed by atoms with Crippen LogP contribution < -0.4 is 5.32 Å². The third-order valence-corrected chi connectivity index (χ3v) is 5.96. The van der Waals surface area contributed by atoms with Gasteiger partial charge in [-0.05, 0) is 43.0 Å². The minimum Gasteiger partial charge on any atom is -0.481 e. The zero-order valence-electron chi connectivity index (χ0n) is 20.0. The third-order valence-electron chi connectivity index (χ3n) is 5.96. The van der Waals surface area contributed by atoms with Crippen LogP contribution in [0.1, 0.15) is 44.2 Å². The van der Waals surface area contributed by atoms with Gasteiger partial charge < -0.3 is 24.8 Å². The van der Waals surface area contributed by atoms with Crippen LogP contribution in [0.3, 0.4) is 0 Å². The van der Waals surface area contributed by atoms with Crippen LogP contribution in [0.15, 0.2) is 48.5 Å². The molecule has 0 heterocycles. The standard InChI is InChI=1S/C26H32N2O6/c1-26(2,3)28(14-13-23(29)30)24(31)22(33-4)15-27-25(32)34-16-21-19-11-7-5-9-17(19)18-10-6-8-12-20(18)21/h5-12,21-22H,13-16H2,1-4H3,(H,27,32)(H,29,30). The summed E-state index contributed by atoms with van der Waals surface area (Å²) in [5, 5.41) is 11.6. The first-order valence-corrected chi connectivity index (χ1v) is 11.3. The molecule has 0 spiro atoms. The molecule has 182 valence electrons. The Balaban J connectivity index is 1.60. The maximum Gasteiger partial charge on any atom is 0.407 e. The van der Waals surface area contributed by atoms with Gasteiger partial charge in [-0.15, -0.1) is 0 Å². The van der Waals surface area contributed by atoms with E-state index in [1.54, 1.807) is 0 Å². The van der Waals surface area contributed by atoms with Crippen molar-refractivity contribution in [1.29, 1.82) is 0 Å². The molecule has 2 aromatic rings. The molecule has 0 aromatic heterocycles. The topological polar surface area (TPSA) is 105 Å². The van der Waals surface area contributed by atoms with Crippen LogP contribution in [0.4, 0.5) is 4.79 Å². The molecule has 3 rings (SSSR count). The first-order chi connectivity index (χ1) is 16.1. The van der Waals surface area contributed by atoms with Gasteiger partial charge in [0.1, 0.15) is 6.61 Å². The highest BCUT2D eigenvalue weighted by Crippen LogP contribution is 2.44. The van der Waals surface area contributed by atoms with Crippen molar-refractivity contribution in [3.63, 3.8) is 0 Å². The van der Waals surface area contributed by atoms with Crippen LogP contribution in [0.2, 0.25) is 0 Å². The van der Waals surface area contributed by atoms with E-state index in [2.05, 4.69) is 17.4 Å². The molecule has 8 heteroatoms. The van der Waals surface area contributed by atoms with Crippen LogP contribution >= 0.6 is 0 Å². The molecule has 0 bridgehead atoms. The van der Waals surface area contributed by atoms with E-state index in [9.17, 15) is 14.4 Å². The van der Waals surface area contributed by atoms with E-state index in [1.807, 2.05) is 57.2 Å². The molecule has 1 atom stereocenters. The van der Waals surface area contributed by atoms with Crippen LogP contribution in [-0.2, 0) is 19.1 Å². The van der Waals surface area contributed by atoms with Crippen molar-refractivity contribution < 1.29 is 29.0 Å². The van der Waals surface area contributed by atoms with Crippen molar-refractivity contribution in [1.82, 2.24) is 10.2 Å². The van der Waals surface area contributed by atoms with Crippen molar-refractivity contribution in [2.75, 3.05) is 26.8 Å². The van der Waals surface area contributed by atoms with Crippen LogP contribution in [0.25, 0.3) is 11.1 Å². The summed E-state index contributed by atoms with van der Waals surface area (Å²) in [6.45, 7) is 5.57. The summed E-state index contributed by atoms with van der Waals surface area (Å²) in [7, 11) is 1.38. The lowest BCUT2D eigenvalue weighted by Gasteiger charge is -2.37. The summed E-state index contributed by atoms with van der Waals surface area (Å²) >= 11 is 0. The summed E-state index contributed by atoms with van der Waals surface area (Å²) in [4.78, 5) is 37.9. The highest BCUT2D eigenvalue weighted by atomic mass is 16.5. The van der Waals surface area contributed by atoms with Gasteiger partial charge in [-0.3, -0.25) is 9.59 Å². The first kappa shape index (κ1) is 25.2. The van der Waals surface area contributed by atoms with E-state index in [-0.39, 0.29) is 32.0 Å². The minimum atomic E-state index is -0.993. The summed E-state index contributed by atoms with van der Waals surface area (Å²) in [5.41, 5.74) is 3.90. The molecule has 2 aromatic carbocycles. The van der Waals surface area contributed by atoms with Crippen molar-refractivity contribution in [3.05, 3.63) is 59.7 Å². The lowest BCUT2D eigenvalue weighted by molar-refractivity contribution is -0.148. The van der Waals surface area contributed by atoms with Crippen molar-refractivity contribution in [2.24, 2.45) is 0 Å². The smallest absolute Gasteiger partial charge is 0.407 e. The fourth-order valence-corrected chi connectivity index (χ4v) is 4.25. The number of ether oxygens (including phenoxy) is 2. The van der Waals surface area contributed by atoms with Crippen molar-refractivity contribution >= 4 is 18.0 Å². The van der Waals surface area contributed by atoms with Gasteiger partial charge in [-0.2, -0.15) is 0 Å². The SMILES string of the molecule is COC(CNC(=O)OCC1c2ccccc2-c2ccccc21)C(=O)N(CCC(=O)O)C(C)(C)C. The average molecular weight is 469 g/mol. The van der Waals surface area contributed by atoms with Crippen LogP contribution in [-0.4, -0.2) is 66.4 Å². The number of alkyl carbamates (subject to hydrolysis) is 1. The maximum absolute atomic E-state index is 13.0. The molecule has 2 N–H and O–H groups in total. The Bertz CT molecular complexity index is 1000. The number of fused-ring (bicyclic) bond motifs is 3. The summed E-state index contributed by atoms with van der Waals surface area (Å²) in [6, 6.07) is 16.1. The van der Waals surface area contributed by atoms with Gasteiger partial charge in [0.15, 0.2) is 6.10 Å². The third kappa shape index (κ3) is 5.75. The van der Waals surface area contributed by atoms with Gasteiger partial charge in [0, 0.05) is 25.1 Å². The predicted octanol–water partition coefficient (Wildman–Crippen LogP) is 3.64. The van der Waals surface area contributed by atoms with E-state index in [0.29, 0.717) is 0 Å². The lowest BCUT2D eigenvalue weighted by atomic mass is 9.98. The normalized spacial score (nSPS) is 13.5. The fraction of sp³-hybridized carbons (Fsp3) is 0.423. The monoisotopic (exact) mass is 468 g/mol. The Hall–Kier alpha value is -3.39. The van der Waals surface area contributed by atoms with Gasteiger partial charge in [0.2, 0.25) is 0 Å². The molecule has 0 saturated carbocycles. The Morgan fingerprint density at radius 2 is 1.59 bits per heavy atom. The van der Waals surface area contributed by atoms with Crippen molar-refractivity contribution in [2.45, 2.75) is 44.8 Å². The number of carboxylic acid groups (broad SMARTS) is 1. The lowest BCUT2D eigenvalue weighted by Crippen LogP contribution is -2.53. The zero-order valence-corrected chi connectivity index (χ0v) is 20.0. The number of carboxylic acids is 1. The number of hydrogen-bond acceptors (Lipinski definition) is 5. The molecule has 0 fully saturated rings. The quantitative estimate of drug-likeness (QED) is 0.582. The molecular formula is C26H32N2O6. The van der Waals surface area contributed by atoms with E-state index in [4.69, 9.17) is 14.6 Å². The summed E-state index contributed by atoms with van der Waals surface area (Å²) < 4.78 is 10.8. The number of hydrogen-bond donors (Lipinski definition) is 2. The van der Waals surface area contributed by atoms with E-state index in [0.717, 1.165) is 22.3 Å². The predicted molar refractivity (Wildman–Crippen MR) is 128 cm³/mol. The first-order valence-electron chi connectivity index (χ1n) is 11.3. The van der Waals surface area contributed by atoms with Gasteiger partial charge in [0.25, 0.3) is 5.91 Å². The number of benzene rings is 2. The Morgan fingerprint density at radius 1 is 1.03 bits per heavy atom. The van der Waals surface area contributed by atoms with E-state index >= 15 is 0 Å².